The number of ether oxygens (including phenoxy) is 1. The molecule has 0 aliphatic carbocycles. The second-order valence-corrected chi connectivity index (χ2v) is 5.06. The molecular weight excluding hydrogens is 357 g/mol. The van der Waals surface area contributed by atoms with Gasteiger partial charge in [0.25, 0.3) is 0 Å². The lowest BCUT2D eigenvalue weighted by Crippen LogP contribution is -2.10. The Labute approximate surface area is 125 Å². The average molecular weight is 373 g/mol. The molecule has 0 saturated carbocycles. The molecule has 0 aromatic carbocycles. The monoisotopic (exact) mass is 373 g/mol. The Hall–Kier alpha value is -1.22. The molecule has 7 heteroatoms. The number of nitrogens with zero attached hydrogens (tertiary/aromatic N) is 4. The highest BCUT2D eigenvalue weighted by Crippen LogP contribution is 2.23. The van der Waals surface area contributed by atoms with E-state index in [1.807, 2.05) is 24.7 Å². The molecule has 0 bridgehead atoms. The fraction of sp³-hybridized carbons (Fsp3) is 0.417. The summed E-state index contributed by atoms with van der Waals surface area (Å²) in [6.45, 7) is 3.30. The van der Waals surface area contributed by atoms with Gasteiger partial charge < -0.3 is 14.6 Å². The molecule has 0 amide bonds. The lowest BCUT2D eigenvalue weighted by Gasteiger charge is -2.11. The van der Waals surface area contributed by atoms with Crippen LogP contribution in [0.4, 0.5) is 5.82 Å². The van der Waals surface area contributed by atoms with Crippen LogP contribution in [-0.2, 0) is 18.4 Å². The molecule has 0 unspecified atom stereocenters. The van der Waals surface area contributed by atoms with Crippen molar-refractivity contribution in [3.63, 3.8) is 0 Å². The summed E-state index contributed by atoms with van der Waals surface area (Å²) >= 11 is 2.24. The smallest absolute Gasteiger partial charge is 0.198 e. The van der Waals surface area contributed by atoms with Crippen LogP contribution in [0.2, 0.25) is 0 Å². The molecule has 0 aliphatic heterocycles. The van der Waals surface area contributed by atoms with Gasteiger partial charge >= 0.3 is 0 Å². The van der Waals surface area contributed by atoms with E-state index in [4.69, 9.17) is 4.74 Å². The Morgan fingerprint density at radius 2 is 2.21 bits per heavy atom. The summed E-state index contributed by atoms with van der Waals surface area (Å²) in [5.74, 6) is 2.17. The van der Waals surface area contributed by atoms with Crippen LogP contribution in [0, 0.1) is 3.57 Å². The lowest BCUT2D eigenvalue weighted by atomic mass is 10.3. The first-order valence-electron chi connectivity index (χ1n) is 5.94. The zero-order valence-electron chi connectivity index (χ0n) is 11.1. The number of imidazole rings is 1. The van der Waals surface area contributed by atoms with Crippen molar-refractivity contribution in [1.29, 1.82) is 0 Å². The molecular formula is C12H16IN5O. The number of aromatic nitrogens is 4. The van der Waals surface area contributed by atoms with E-state index in [-0.39, 0.29) is 0 Å². The van der Waals surface area contributed by atoms with E-state index in [2.05, 4.69) is 42.9 Å². The Balaban J connectivity index is 2.52. The van der Waals surface area contributed by atoms with Gasteiger partial charge in [-0.05, 0) is 29.5 Å². The highest BCUT2D eigenvalue weighted by molar-refractivity contribution is 14.1. The van der Waals surface area contributed by atoms with E-state index in [1.54, 1.807) is 13.3 Å². The number of methoxy groups -OCH3 is 1. The van der Waals surface area contributed by atoms with Crippen LogP contribution in [0.3, 0.4) is 0 Å². The third-order valence-corrected chi connectivity index (χ3v) is 3.70. The van der Waals surface area contributed by atoms with E-state index in [0.717, 1.165) is 27.5 Å². The summed E-state index contributed by atoms with van der Waals surface area (Å²) in [5, 5.41) is 3.25. The molecule has 2 heterocycles. The second-order valence-electron chi connectivity index (χ2n) is 3.98. The summed E-state index contributed by atoms with van der Waals surface area (Å²) in [5.41, 5.74) is 0.868. The number of rotatable bonds is 5. The van der Waals surface area contributed by atoms with E-state index in [0.29, 0.717) is 12.4 Å². The second kappa shape index (κ2) is 6.29. The molecule has 0 aliphatic rings. The lowest BCUT2D eigenvalue weighted by molar-refractivity contribution is 0.181. The number of hydrogen-bond donors (Lipinski definition) is 1. The summed E-state index contributed by atoms with van der Waals surface area (Å²) in [7, 11) is 3.58. The summed E-state index contributed by atoms with van der Waals surface area (Å²) in [4.78, 5) is 13.4. The van der Waals surface area contributed by atoms with Gasteiger partial charge in [0.1, 0.15) is 5.82 Å². The third-order valence-electron chi connectivity index (χ3n) is 2.57. The largest absolute Gasteiger partial charge is 0.378 e. The molecule has 0 spiro atoms. The normalized spacial score (nSPS) is 10.7. The van der Waals surface area contributed by atoms with Crippen molar-refractivity contribution in [3.05, 3.63) is 21.7 Å². The van der Waals surface area contributed by atoms with Crippen molar-refractivity contribution in [2.45, 2.75) is 13.5 Å². The Morgan fingerprint density at radius 1 is 1.42 bits per heavy atom. The van der Waals surface area contributed by atoms with Gasteiger partial charge in [-0.2, -0.15) is 0 Å². The highest BCUT2D eigenvalue weighted by Gasteiger charge is 2.15. The van der Waals surface area contributed by atoms with Crippen LogP contribution in [0.15, 0.2) is 12.4 Å². The van der Waals surface area contributed by atoms with Crippen LogP contribution >= 0.6 is 22.6 Å². The summed E-state index contributed by atoms with van der Waals surface area (Å²) < 4.78 is 8.08. The first-order valence-corrected chi connectivity index (χ1v) is 7.02. The molecule has 0 radical (unpaired) electrons. The average Bonchev–Trinajstić information content (AvgIpc) is 2.81. The van der Waals surface area contributed by atoms with Crippen LogP contribution in [0.1, 0.15) is 12.6 Å². The van der Waals surface area contributed by atoms with Gasteiger partial charge in [0.05, 0.1) is 15.9 Å². The van der Waals surface area contributed by atoms with E-state index in [9.17, 15) is 0 Å². The van der Waals surface area contributed by atoms with Crippen LogP contribution < -0.4 is 5.32 Å². The number of anilines is 1. The Bertz CT molecular complexity index is 542. The Morgan fingerprint density at radius 3 is 2.79 bits per heavy atom. The minimum Gasteiger partial charge on any atom is -0.378 e. The molecule has 19 heavy (non-hydrogen) atoms. The molecule has 0 saturated heterocycles. The van der Waals surface area contributed by atoms with Gasteiger partial charge in [-0.25, -0.2) is 15.0 Å². The molecule has 0 fully saturated rings. The molecule has 6 nitrogen and oxygen atoms in total. The molecule has 2 aromatic heterocycles. The number of nitrogens with one attached hydrogen (secondary N) is 1. The van der Waals surface area contributed by atoms with Gasteiger partial charge in [-0.15, -0.1) is 0 Å². The standard InChI is InChI=1S/C12H16IN5O/c1-4-14-10-9(13)8(7-19-3)16-11(17-10)12-15-5-6-18(12)2/h5-6H,4,7H2,1-3H3,(H,14,16,17). The molecule has 0 atom stereocenters. The summed E-state index contributed by atoms with van der Waals surface area (Å²) in [6, 6.07) is 0. The highest BCUT2D eigenvalue weighted by atomic mass is 127. The first kappa shape index (κ1) is 14.2. The maximum absolute atomic E-state index is 5.19. The predicted molar refractivity (Wildman–Crippen MR) is 81.8 cm³/mol. The topological polar surface area (TPSA) is 64.9 Å². The SMILES string of the molecule is CCNc1nc(-c2nccn2C)nc(COC)c1I. The van der Waals surface area contributed by atoms with Gasteiger partial charge in [0.2, 0.25) is 0 Å². The minimum atomic E-state index is 0.455. The maximum Gasteiger partial charge on any atom is 0.198 e. The minimum absolute atomic E-state index is 0.455. The van der Waals surface area contributed by atoms with Crippen molar-refractivity contribution in [2.75, 3.05) is 19.0 Å². The van der Waals surface area contributed by atoms with Crippen molar-refractivity contribution in [1.82, 2.24) is 19.5 Å². The van der Waals surface area contributed by atoms with E-state index < -0.39 is 0 Å². The quantitative estimate of drug-likeness (QED) is 0.813. The molecule has 2 aromatic rings. The molecule has 1 N–H and O–H groups in total. The zero-order chi connectivity index (χ0) is 13.8. The van der Waals surface area contributed by atoms with E-state index in [1.165, 1.54) is 0 Å². The van der Waals surface area contributed by atoms with Crippen LogP contribution in [0.5, 0.6) is 0 Å². The van der Waals surface area contributed by atoms with Crippen molar-refractivity contribution in [2.24, 2.45) is 7.05 Å². The van der Waals surface area contributed by atoms with Gasteiger partial charge in [-0.3, -0.25) is 0 Å². The first-order chi connectivity index (χ1) is 9.17. The maximum atomic E-state index is 5.19. The van der Waals surface area contributed by atoms with Crippen molar-refractivity contribution in [3.8, 4) is 11.6 Å². The molecule has 102 valence electrons. The predicted octanol–water partition coefficient (Wildman–Crippen LogP) is 2.06. The van der Waals surface area contributed by atoms with Crippen LogP contribution in [-0.4, -0.2) is 33.2 Å². The fourth-order valence-corrected chi connectivity index (χ4v) is 2.28. The third kappa shape index (κ3) is 3.03. The van der Waals surface area contributed by atoms with Gasteiger partial charge in [-0.1, -0.05) is 0 Å². The molecule has 2 rings (SSSR count). The number of aryl methyl sites for hydroxylation is 1. The number of hydrogen-bond acceptors (Lipinski definition) is 5. The van der Waals surface area contributed by atoms with Crippen molar-refractivity contribution >= 4 is 28.4 Å². The van der Waals surface area contributed by atoms with Gasteiger partial charge in [0, 0.05) is 33.1 Å². The van der Waals surface area contributed by atoms with Gasteiger partial charge in [0.15, 0.2) is 11.6 Å². The Kier molecular flexibility index (Phi) is 4.70. The fourth-order valence-electron chi connectivity index (χ4n) is 1.69. The van der Waals surface area contributed by atoms with E-state index >= 15 is 0 Å². The zero-order valence-corrected chi connectivity index (χ0v) is 13.3. The van der Waals surface area contributed by atoms with Crippen molar-refractivity contribution < 1.29 is 4.74 Å². The summed E-state index contributed by atoms with van der Waals surface area (Å²) in [6.07, 6.45) is 3.61. The number of halogens is 1. The van der Waals surface area contributed by atoms with Crippen LogP contribution in [0.25, 0.3) is 11.6 Å².